The Morgan fingerprint density at radius 1 is 1.45 bits per heavy atom. The second-order valence-corrected chi connectivity index (χ2v) is 6.91. The van der Waals surface area contributed by atoms with Crippen molar-refractivity contribution < 1.29 is 13.3 Å². The summed E-state index contributed by atoms with van der Waals surface area (Å²) in [5.74, 6) is 0. The normalized spacial score (nSPS) is 19.9. The highest BCUT2D eigenvalue weighted by molar-refractivity contribution is 7.90. The van der Waals surface area contributed by atoms with E-state index in [1.807, 2.05) is 11.8 Å². The van der Waals surface area contributed by atoms with Gasteiger partial charge in [-0.3, -0.25) is 10.1 Å². The number of piperazine rings is 1. The zero-order valence-corrected chi connectivity index (χ0v) is 12.2. The van der Waals surface area contributed by atoms with Gasteiger partial charge in [0.15, 0.2) is 9.84 Å². The lowest BCUT2D eigenvalue weighted by atomic mass is 10.1. The minimum atomic E-state index is -3.43. The van der Waals surface area contributed by atoms with Crippen LogP contribution in [-0.2, 0) is 9.84 Å². The summed E-state index contributed by atoms with van der Waals surface area (Å²) >= 11 is 0. The van der Waals surface area contributed by atoms with Gasteiger partial charge >= 0.3 is 0 Å². The Morgan fingerprint density at radius 2 is 2.15 bits per heavy atom. The molecule has 1 N–H and O–H groups in total. The molecule has 1 aromatic rings. The largest absolute Gasteiger partial charge is 0.365 e. The number of nitrogens with one attached hydrogen (secondary N) is 1. The lowest BCUT2D eigenvalue weighted by Gasteiger charge is -2.36. The van der Waals surface area contributed by atoms with Crippen LogP contribution in [0.3, 0.4) is 0 Å². The van der Waals surface area contributed by atoms with Gasteiger partial charge in [-0.25, -0.2) is 8.42 Å². The van der Waals surface area contributed by atoms with E-state index >= 15 is 0 Å². The van der Waals surface area contributed by atoms with Gasteiger partial charge in [-0.2, -0.15) is 0 Å². The molecule has 1 heterocycles. The van der Waals surface area contributed by atoms with Crippen molar-refractivity contribution in [2.24, 2.45) is 0 Å². The van der Waals surface area contributed by atoms with Crippen LogP contribution in [0.15, 0.2) is 23.1 Å². The Balaban J connectivity index is 2.57. The first kappa shape index (κ1) is 14.7. The highest BCUT2D eigenvalue weighted by Crippen LogP contribution is 2.31. The number of hydrogen-bond acceptors (Lipinski definition) is 6. The van der Waals surface area contributed by atoms with Crippen molar-refractivity contribution in [3.05, 3.63) is 28.3 Å². The Bertz CT molecular complexity index is 630. The van der Waals surface area contributed by atoms with Crippen LogP contribution in [0.5, 0.6) is 0 Å². The average Bonchev–Trinajstić information content (AvgIpc) is 2.37. The van der Waals surface area contributed by atoms with Crippen LogP contribution in [0.4, 0.5) is 11.4 Å². The van der Waals surface area contributed by atoms with E-state index in [0.29, 0.717) is 18.8 Å². The quantitative estimate of drug-likeness (QED) is 0.655. The first-order valence-electron chi connectivity index (χ1n) is 6.26. The van der Waals surface area contributed by atoms with Crippen molar-refractivity contribution in [3.63, 3.8) is 0 Å². The van der Waals surface area contributed by atoms with Crippen LogP contribution in [0, 0.1) is 10.1 Å². The number of benzene rings is 1. The Kier molecular flexibility index (Phi) is 3.96. The maximum Gasteiger partial charge on any atom is 0.271 e. The Labute approximate surface area is 117 Å². The van der Waals surface area contributed by atoms with Crippen LogP contribution in [0.25, 0.3) is 0 Å². The maximum atomic E-state index is 11.9. The van der Waals surface area contributed by atoms with E-state index in [2.05, 4.69) is 5.32 Å². The number of sulfone groups is 1. The van der Waals surface area contributed by atoms with Crippen molar-refractivity contribution in [1.82, 2.24) is 5.32 Å². The van der Waals surface area contributed by atoms with Crippen LogP contribution >= 0.6 is 0 Å². The van der Waals surface area contributed by atoms with Crippen LogP contribution in [-0.4, -0.2) is 45.3 Å². The van der Waals surface area contributed by atoms with Crippen LogP contribution in [0.2, 0.25) is 0 Å². The molecule has 1 aromatic carbocycles. The molecule has 0 unspecified atom stereocenters. The molecule has 1 fully saturated rings. The summed E-state index contributed by atoms with van der Waals surface area (Å²) in [6.07, 6.45) is 1.12. The molecule has 110 valence electrons. The summed E-state index contributed by atoms with van der Waals surface area (Å²) in [7, 11) is -3.43. The van der Waals surface area contributed by atoms with E-state index in [1.165, 1.54) is 18.2 Å². The first-order chi connectivity index (χ1) is 9.30. The third-order valence-corrected chi connectivity index (χ3v) is 4.51. The molecule has 0 amide bonds. The molecule has 0 bridgehead atoms. The topological polar surface area (TPSA) is 92.5 Å². The van der Waals surface area contributed by atoms with E-state index in [0.717, 1.165) is 12.8 Å². The summed E-state index contributed by atoms with van der Waals surface area (Å²) < 4.78 is 23.7. The van der Waals surface area contributed by atoms with Crippen molar-refractivity contribution in [2.75, 3.05) is 30.8 Å². The standard InChI is InChI=1S/C12H17N3O4S/c1-9-8-13-5-6-14(9)11-7-10(15(16)17)3-4-12(11)20(2,18)19/h3-4,7,9,13H,5-6,8H2,1-2H3/t9-/m1/s1. The number of hydrogen-bond donors (Lipinski definition) is 1. The number of nitrogens with zero attached hydrogens (tertiary/aromatic N) is 2. The Morgan fingerprint density at radius 3 is 2.70 bits per heavy atom. The van der Waals surface area contributed by atoms with Crippen LogP contribution < -0.4 is 10.2 Å². The van der Waals surface area contributed by atoms with Crippen molar-refractivity contribution in [2.45, 2.75) is 17.9 Å². The van der Waals surface area contributed by atoms with Gasteiger partial charge in [0.25, 0.3) is 5.69 Å². The van der Waals surface area contributed by atoms with Gasteiger partial charge in [-0.1, -0.05) is 0 Å². The fraction of sp³-hybridized carbons (Fsp3) is 0.500. The van der Waals surface area contributed by atoms with Crippen molar-refractivity contribution >= 4 is 21.2 Å². The number of non-ortho nitro benzene ring substituents is 1. The Hall–Kier alpha value is -1.67. The third kappa shape index (κ3) is 2.91. The molecule has 8 heteroatoms. The van der Waals surface area contributed by atoms with Gasteiger partial charge in [0.1, 0.15) is 0 Å². The van der Waals surface area contributed by atoms with Crippen LogP contribution in [0.1, 0.15) is 6.92 Å². The molecule has 0 saturated carbocycles. The fourth-order valence-corrected chi connectivity index (χ4v) is 3.23. The number of nitro groups is 1. The summed E-state index contributed by atoms with van der Waals surface area (Å²) in [6.45, 7) is 4.00. The second kappa shape index (κ2) is 5.37. The van der Waals surface area contributed by atoms with E-state index < -0.39 is 14.8 Å². The monoisotopic (exact) mass is 299 g/mol. The lowest BCUT2D eigenvalue weighted by Crippen LogP contribution is -2.50. The maximum absolute atomic E-state index is 11.9. The second-order valence-electron chi connectivity index (χ2n) is 4.93. The molecule has 1 atom stereocenters. The molecule has 20 heavy (non-hydrogen) atoms. The minimum absolute atomic E-state index is 0.0752. The number of rotatable bonds is 3. The van der Waals surface area contributed by atoms with E-state index in [4.69, 9.17) is 0 Å². The fourth-order valence-electron chi connectivity index (χ4n) is 2.36. The number of nitro benzene ring substituents is 1. The molecule has 1 aliphatic heterocycles. The molecular formula is C12H17N3O4S. The highest BCUT2D eigenvalue weighted by atomic mass is 32.2. The van der Waals surface area contributed by atoms with Gasteiger partial charge in [0.2, 0.25) is 0 Å². The predicted octanol–water partition coefficient (Wildman–Crippen LogP) is 0.796. The molecule has 1 saturated heterocycles. The highest BCUT2D eigenvalue weighted by Gasteiger charge is 2.26. The van der Waals surface area contributed by atoms with Crippen molar-refractivity contribution in [3.8, 4) is 0 Å². The number of anilines is 1. The minimum Gasteiger partial charge on any atom is -0.365 e. The predicted molar refractivity (Wildman–Crippen MR) is 75.9 cm³/mol. The molecular weight excluding hydrogens is 282 g/mol. The molecule has 0 spiro atoms. The van der Waals surface area contributed by atoms with Gasteiger partial charge in [-0.15, -0.1) is 0 Å². The van der Waals surface area contributed by atoms with E-state index in [9.17, 15) is 18.5 Å². The molecule has 1 aliphatic rings. The molecule has 0 aliphatic carbocycles. The molecule has 2 rings (SSSR count). The molecule has 7 nitrogen and oxygen atoms in total. The smallest absolute Gasteiger partial charge is 0.271 e. The molecule has 0 aromatic heterocycles. The van der Waals surface area contributed by atoms with Crippen molar-refractivity contribution in [1.29, 1.82) is 0 Å². The summed E-state index contributed by atoms with van der Waals surface area (Å²) in [5.41, 5.74) is 0.314. The molecule has 0 radical (unpaired) electrons. The SMILES string of the molecule is C[C@@H]1CNCCN1c1cc([N+](=O)[O-])ccc1S(C)(=O)=O. The van der Waals surface area contributed by atoms with Gasteiger partial charge in [-0.05, 0) is 13.0 Å². The third-order valence-electron chi connectivity index (χ3n) is 3.36. The summed E-state index contributed by atoms with van der Waals surface area (Å²) in [6, 6.07) is 3.97. The van der Waals surface area contributed by atoms with Gasteiger partial charge in [0, 0.05) is 44.1 Å². The van der Waals surface area contributed by atoms with Gasteiger partial charge < -0.3 is 10.2 Å². The summed E-state index contributed by atoms with van der Waals surface area (Å²) in [5, 5.41) is 14.1. The first-order valence-corrected chi connectivity index (χ1v) is 8.15. The average molecular weight is 299 g/mol. The summed E-state index contributed by atoms with van der Waals surface area (Å²) in [4.78, 5) is 12.4. The zero-order valence-electron chi connectivity index (χ0n) is 11.4. The lowest BCUT2D eigenvalue weighted by molar-refractivity contribution is -0.384. The zero-order chi connectivity index (χ0) is 14.9. The van der Waals surface area contributed by atoms with Gasteiger partial charge in [0.05, 0.1) is 15.5 Å². The van der Waals surface area contributed by atoms with E-state index in [1.54, 1.807) is 0 Å². The van der Waals surface area contributed by atoms with E-state index in [-0.39, 0.29) is 16.6 Å².